The normalized spacial score (nSPS) is 23.3. The average molecular weight is 253 g/mol. The van der Waals surface area contributed by atoms with E-state index in [1.54, 1.807) is 0 Å². The van der Waals surface area contributed by atoms with Crippen LogP contribution in [-0.2, 0) is 11.2 Å². The fraction of sp³-hybridized carbons (Fsp3) is 0.571. The minimum absolute atomic E-state index is 0.126. The number of hydrogen-bond acceptors (Lipinski definition) is 3. The molecule has 18 heavy (non-hydrogen) atoms. The first-order valence-electron chi connectivity index (χ1n) is 6.45. The van der Waals surface area contributed by atoms with E-state index in [1.807, 2.05) is 6.07 Å². The van der Waals surface area contributed by atoms with Gasteiger partial charge < -0.3 is 15.2 Å². The van der Waals surface area contributed by atoms with Crippen molar-refractivity contribution in [1.82, 2.24) is 0 Å². The van der Waals surface area contributed by atoms with Crippen LogP contribution in [0.2, 0.25) is 0 Å². The van der Waals surface area contributed by atoms with E-state index in [-0.39, 0.29) is 11.9 Å². The highest BCUT2D eigenvalue weighted by atomic mass is 19.1. The van der Waals surface area contributed by atoms with E-state index in [9.17, 15) is 4.39 Å². The minimum atomic E-state index is -0.281. The Kier molecular flexibility index (Phi) is 4.55. The fourth-order valence-electron chi connectivity index (χ4n) is 2.21. The third-order valence-electron chi connectivity index (χ3n) is 3.12. The summed E-state index contributed by atoms with van der Waals surface area (Å²) in [5.74, 6) is 0.276. The number of hydrogen-bond donors (Lipinski definition) is 1. The maximum Gasteiger partial charge on any atom is 0.127 e. The second-order valence-electron chi connectivity index (χ2n) is 4.79. The van der Waals surface area contributed by atoms with Crippen LogP contribution in [0.5, 0.6) is 5.75 Å². The van der Waals surface area contributed by atoms with Crippen molar-refractivity contribution >= 4 is 0 Å². The van der Waals surface area contributed by atoms with Crippen LogP contribution < -0.4 is 10.5 Å². The zero-order valence-electron chi connectivity index (χ0n) is 10.7. The molecule has 1 aliphatic heterocycles. The van der Waals surface area contributed by atoms with Gasteiger partial charge in [0, 0.05) is 6.07 Å². The van der Waals surface area contributed by atoms with Crippen LogP contribution in [0.4, 0.5) is 4.39 Å². The first-order valence-corrected chi connectivity index (χ1v) is 6.45. The Morgan fingerprint density at radius 3 is 2.89 bits per heavy atom. The predicted octanol–water partition coefficient (Wildman–Crippen LogP) is 2.27. The van der Waals surface area contributed by atoms with Gasteiger partial charge in [-0.2, -0.15) is 0 Å². The molecule has 3 nitrogen and oxygen atoms in total. The predicted molar refractivity (Wildman–Crippen MR) is 68.2 cm³/mol. The van der Waals surface area contributed by atoms with Gasteiger partial charge in [-0.05, 0) is 50.4 Å². The molecule has 1 aliphatic rings. The van der Waals surface area contributed by atoms with Crippen LogP contribution in [0, 0.1) is 5.82 Å². The molecule has 4 heteroatoms. The lowest BCUT2D eigenvalue weighted by atomic mass is 10.1. The maximum atomic E-state index is 13.4. The van der Waals surface area contributed by atoms with E-state index < -0.39 is 0 Å². The number of ether oxygens (including phenoxy) is 2. The summed E-state index contributed by atoms with van der Waals surface area (Å²) in [5.41, 5.74) is 6.33. The lowest BCUT2D eigenvalue weighted by molar-refractivity contribution is 0.0264. The molecule has 0 aromatic heterocycles. The molecule has 0 aliphatic carbocycles. The van der Waals surface area contributed by atoms with Crippen molar-refractivity contribution in [2.75, 3.05) is 13.2 Å². The monoisotopic (exact) mass is 253 g/mol. The van der Waals surface area contributed by atoms with E-state index in [0.717, 1.165) is 18.4 Å². The summed E-state index contributed by atoms with van der Waals surface area (Å²) in [5, 5.41) is 0. The molecule has 1 saturated heterocycles. The van der Waals surface area contributed by atoms with E-state index in [2.05, 4.69) is 6.92 Å². The Morgan fingerprint density at radius 2 is 2.22 bits per heavy atom. The molecule has 100 valence electrons. The molecule has 1 fully saturated rings. The van der Waals surface area contributed by atoms with Crippen LogP contribution in [0.3, 0.4) is 0 Å². The molecule has 1 aromatic rings. The van der Waals surface area contributed by atoms with Crippen molar-refractivity contribution in [1.29, 1.82) is 0 Å². The third kappa shape index (κ3) is 3.68. The molecule has 1 heterocycles. The molecule has 1 aromatic carbocycles. The number of nitrogens with two attached hydrogens (primary N) is 1. The second-order valence-corrected chi connectivity index (χ2v) is 4.79. The lowest BCUT2D eigenvalue weighted by Crippen LogP contribution is -2.18. The molecular weight excluding hydrogens is 233 g/mol. The molecular formula is C14H20FNO2. The van der Waals surface area contributed by atoms with Gasteiger partial charge in [0.2, 0.25) is 0 Å². The van der Waals surface area contributed by atoms with Gasteiger partial charge in [0.05, 0.1) is 12.2 Å². The smallest absolute Gasteiger partial charge is 0.127 e. The van der Waals surface area contributed by atoms with E-state index in [0.29, 0.717) is 31.4 Å². The van der Waals surface area contributed by atoms with Crippen molar-refractivity contribution in [3.63, 3.8) is 0 Å². The topological polar surface area (TPSA) is 44.5 Å². The molecule has 2 rings (SSSR count). The molecule has 2 unspecified atom stereocenters. The Morgan fingerprint density at radius 1 is 1.39 bits per heavy atom. The Bertz CT molecular complexity index is 397. The second kappa shape index (κ2) is 6.16. The van der Waals surface area contributed by atoms with Gasteiger partial charge in [-0.3, -0.25) is 0 Å². The quantitative estimate of drug-likeness (QED) is 0.875. The molecule has 0 bridgehead atoms. The summed E-state index contributed by atoms with van der Waals surface area (Å²) >= 11 is 0. The zero-order valence-corrected chi connectivity index (χ0v) is 10.7. The van der Waals surface area contributed by atoms with Crippen molar-refractivity contribution in [2.24, 2.45) is 5.73 Å². The number of halogens is 1. The van der Waals surface area contributed by atoms with Crippen LogP contribution in [0.25, 0.3) is 0 Å². The van der Waals surface area contributed by atoms with Gasteiger partial charge in [-0.1, -0.05) is 0 Å². The molecule has 0 spiro atoms. The largest absolute Gasteiger partial charge is 0.491 e. The summed E-state index contributed by atoms with van der Waals surface area (Å²) in [4.78, 5) is 0. The van der Waals surface area contributed by atoms with Gasteiger partial charge in [-0.15, -0.1) is 0 Å². The number of rotatable bonds is 5. The molecule has 0 amide bonds. The standard InChI is InChI=1S/C14H20FNO2/c1-10-2-3-13(18-10)9-17-14-7-11(4-5-16)6-12(15)8-14/h6-8,10,13H,2-5,9,16H2,1H3. The first kappa shape index (κ1) is 13.3. The van der Waals surface area contributed by atoms with E-state index in [1.165, 1.54) is 12.1 Å². The summed E-state index contributed by atoms with van der Waals surface area (Å²) in [6.45, 7) is 3.05. The van der Waals surface area contributed by atoms with Crippen molar-refractivity contribution < 1.29 is 13.9 Å². The maximum absolute atomic E-state index is 13.4. The average Bonchev–Trinajstić information content (AvgIpc) is 2.72. The van der Waals surface area contributed by atoms with E-state index >= 15 is 0 Å². The third-order valence-corrected chi connectivity index (χ3v) is 3.12. The summed E-state index contributed by atoms with van der Waals surface area (Å²) < 4.78 is 24.6. The molecule has 0 radical (unpaired) electrons. The van der Waals surface area contributed by atoms with Gasteiger partial charge in [0.25, 0.3) is 0 Å². The van der Waals surface area contributed by atoms with Crippen molar-refractivity contribution in [3.8, 4) is 5.75 Å². The van der Waals surface area contributed by atoms with Crippen LogP contribution >= 0.6 is 0 Å². The first-order chi connectivity index (χ1) is 8.67. The molecule has 2 atom stereocenters. The summed E-state index contributed by atoms with van der Waals surface area (Å²) in [6.07, 6.45) is 3.16. The minimum Gasteiger partial charge on any atom is -0.491 e. The van der Waals surface area contributed by atoms with Crippen molar-refractivity contribution in [2.45, 2.75) is 38.4 Å². The van der Waals surface area contributed by atoms with E-state index in [4.69, 9.17) is 15.2 Å². The van der Waals surface area contributed by atoms with Crippen LogP contribution in [0.15, 0.2) is 18.2 Å². The van der Waals surface area contributed by atoms with Gasteiger partial charge in [0.1, 0.15) is 18.2 Å². The zero-order chi connectivity index (χ0) is 13.0. The van der Waals surface area contributed by atoms with Gasteiger partial charge in [-0.25, -0.2) is 4.39 Å². The molecule has 2 N–H and O–H groups in total. The van der Waals surface area contributed by atoms with Crippen LogP contribution in [0.1, 0.15) is 25.3 Å². The van der Waals surface area contributed by atoms with Crippen LogP contribution in [-0.4, -0.2) is 25.4 Å². The SMILES string of the molecule is CC1CCC(COc2cc(F)cc(CCN)c2)O1. The fourth-order valence-corrected chi connectivity index (χ4v) is 2.21. The Labute approximate surface area is 107 Å². The highest BCUT2D eigenvalue weighted by Gasteiger charge is 2.22. The van der Waals surface area contributed by atoms with Gasteiger partial charge in [0.15, 0.2) is 0 Å². The Balaban J connectivity index is 1.92. The summed E-state index contributed by atoms with van der Waals surface area (Å²) in [7, 11) is 0. The van der Waals surface area contributed by atoms with Gasteiger partial charge >= 0.3 is 0 Å². The highest BCUT2D eigenvalue weighted by Crippen LogP contribution is 2.22. The number of benzene rings is 1. The molecule has 0 saturated carbocycles. The Hall–Kier alpha value is -1.13. The van der Waals surface area contributed by atoms with Crippen molar-refractivity contribution in [3.05, 3.63) is 29.6 Å². The highest BCUT2D eigenvalue weighted by molar-refractivity contribution is 5.29. The lowest BCUT2D eigenvalue weighted by Gasteiger charge is -2.13. The summed E-state index contributed by atoms with van der Waals surface area (Å²) in [6, 6.07) is 4.74.